The van der Waals surface area contributed by atoms with Crippen LogP contribution in [0.15, 0.2) is 22.7 Å². The Morgan fingerprint density at radius 1 is 1.26 bits per heavy atom. The van der Waals surface area contributed by atoms with Gasteiger partial charge in [-0.3, -0.25) is 0 Å². The van der Waals surface area contributed by atoms with Crippen LogP contribution in [0.3, 0.4) is 0 Å². The van der Waals surface area contributed by atoms with Crippen LogP contribution < -0.4 is 5.32 Å². The maximum absolute atomic E-state index is 13.8. The van der Waals surface area contributed by atoms with Gasteiger partial charge in [-0.1, -0.05) is 0 Å². The van der Waals surface area contributed by atoms with Gasteiger partial charge in [0.05, 0.1) is 12.7 Å². The van der Waals surface area contributed by atoms with Crippen LogP contribution in [0.1, 0.15) is 35.7 Å². The molecular weight excluding hydrogens is 250 g/mol. The van der Waals surface area contributed by atoms with E-state index in [2.05, 4.69) is 10.3 Å². The summed E-state index contributed by atoms with van der Waals surface area (Å²) in [5.74, 6) is 0.425. The Labute approximate surface area is 110 Å². The molecule has 0 saturated heterocycles. The average molecular weight is 266 g/mol. The van der Waals surface area contributed by atoms with E-state index in [9.17, 15) is 8.78 Å². The molecule has 1 heterocycles. The Kier molecular flexibility index (Phi) is 3.95. The third-order valence-corrected chi connectivity index (χ3v) is 2.97. The number of hydrogen-bond acceptors (Lipinski definition) is 3. The molecule has 1 atom stereocenters. The average Bonchev–Trinajstić information content (AvgIpc) is 2.77. The van der Waals surface area contributed by atoms with Crippen LogP contribution >= 0.6 is 0 Å². The lowest BCUT2D eigenvalue weighted by atomic mass is 10.1. The minimum absolute atomic E-state index is 0.298. The molecule has 1 aromatic heterocycles. The number of oxazole rings is 1. The van der Waals surface area contributed by atoms with Gasteiger partial charge in [0.15, 0.2) is 0 Å². The van der Waals surface area contributed by atoms with E-state index >= 15 is 0 Å². The van der Waals surface area contributed by atoms with E-state index in [-0.39, 0.29) is 6.04 Å². The first-order valence-corrected chi connectivity index (χ1v) is 6.07. The molecular formula is C14H16F2N2O. The van der Waals surface area contributed by atoms with Crippen molar-refractivity contribution in [3.05, 3.63) is 52.7 Å². The van der Waals surface area contributed by atoms with Crippen LogP contribution in [0.4, 0.5) is 8.78 Å². The summed E-state index contributed by atoms with van der Waals surface area (Å²) in [4.78, 5) is 4.04. The molecule has 2 aromatic rings. The van der Waals surface area contributed by atoms with E-state index in [1.54, 1.807) is 20.0 Å². The zero-order valence-electron chi connectivity index (χ0n) is 11.1. The fraction of sp³-hybridized carbons (Fsp3) is 0.357. The van der Waals surface area contributed by atoms with Crippen molar-refractivity contribution in [3.8, 4) is 0 Å². The number of aromatic nitrogens is 1. The van der Waals surface area contributed by atoms with Crippen LogP contribution in [-0.4, -0.2) is 4.98 Å². The van der Waals surface area contributed by atoms with Gasteiger partial charge in [0.1, 0.15) is 17.4 Å². The molecule has 0 amide bonds. The molecule has 0 spiro atoms. The molecule has 19 heavy (non-hydrogen) atoms. The molecule has 1 unspecified atom stereocenters. The minimum atomic E-state index is -0.414. The summed E-state index contributed by atoms with van der Waals surface area (Å²) in [6, 6.07) is 2.10. The highest BCUT2D eigenvalue weighted by atomic mass is 19.1. The van der Waals surface area contributed by atoms with Crippen molar-refractivity contribution < 1.29 is 13.2 Å². The summed E-state index contributed by atoms with van der Waals surface area (Å²) in [7, 11) is 0. The second-order valence-corrected chi connectivity index (χ2v) is 4.59. The fourth-order valence-electron chi connectivity index (χ4n) is 1.83. The van der Waals surface area contributed by atoms with Gasteiger partial charge in [0.25, 0.3) is 0 Å². The third kappa shape index (κ3) is 3.17. The molecule has 1 aromatic carbocycles. The number of nitrogens with one attached hydrogen (secondary N) is 1. The SMILES string of the molecule is Cc1cnc(CNC(C)c2cc(F)c(C)cc2F)o1. The number of rotatable bonds is 4. The van der Waals surface area contributed by atoms with E-state index in [0.29, 0.717) is 23.6 Å². The van der Waals surface area contributed by atoms with Gasteiger partial charge < -0.3 is 9.73 Å². The largest absolute Gasteiger partial charge is 0.445 e. The highest BCUT2D eigenvalue weighted by Gasteiger charge is 2.14. The maximum atomic E-state index is 13.8. The normalized spacial score (nSPS) is 12.7. The van der Waals surface area contributed by atoms with Gasteiger partial charge in [0.2, 0.25) is 5.89 Å². The summed E-state index contributed by atoms with van der Waals surface area (Å²) in [5, 5.41) is 3.05. The highest BCUT2D eigenvalue weighted by molar-refractivity contribution is 5.27. The second kappa shape index (κ2) is 5.48. The maximum Gasteiger partial charge on any atom is 0.208 e. The van der Waals surface area contributed by atoms with Gasteiger partial charge in [-0.15, -0.1) is 0 Å². The molecule has 1 N–H and O–H groups in total. The minimum Gasteiger partial charge on any atom is -0.445 e. The monoisotopic (exact) mass is 266 g/mol. The van der Waals surface area contributed by atoms with E-state index in [1.807, 2.05) is 0 Å². The first kappa shape index (κ1) is 13.7. The Bertz CT molecular complexity index is 581. The third-order valence-electron chi connectivity index (χ3n) is 2.97. The molecule has 5 heteroatoms. The zero-order chi connectivity index (χ0) is 14.0. The number of benzene rings is 1. The number of aryl methyl sites for hydroxylation is 2. The summed E-state index contributed by atoms with van der Waals surface area (Å²) in [5.41, 5.74) is 0.600. The van der Waals surface area contributed by atoms with Gasteiger partial charge in [-0.2, -0.15) is 0 Å². The molecule has 0 bridgehead atoms. The van der Waals surface area contributed by atoms with Crippen molar-refractivity contribution in [2.24, 2.45) is 0 Å². The van der Waals surface area contributed by atoms with Crippen molar-refractivity contribution >= 4 is 0 Å². The van der Waals surface area contributed by atoms with Gasteiger partial charge >= 0.3 is 0 Å². The molecule has 3 nitrogen and oxygen atoms in total. The molecule has 0 aliphatic carbocycles. The predicted molar refractivity (Wildman–Crippen MR) is 67.6 cm³/mol. The molecule has 0 saturated carbocycles. The highest BCUT2D eigenvalue weighted by Crippen LogP contribution is 2.20. The van der Waals surface area contributed by atoms with E-state index in [0.717, 1.165) is 5.76 Å². The van der Waals surface area contributed by atoms with Crippen molar-refractivity contribution in [1.29, 1.82) is 0 Å². The number of nitrogens with zero attached hydrogens (tertiary/aromatic N) is 1. The number of halogens is 2. The Hall–Kier alpha value is -1.75. The molecule has 0 aliphatic heterocycles. The predicted octanol–water partition coefficient (Wildman–Crippen LogP) is 3.42. The van der Waals surface area contributed by atoms with E-state index in [1.165, 1.54) is 19.1 Å². The van der Waals surface area contributed by atoms with Crippen LogP contribution in [0.5, 0.6) is 0 Å². The molecule has 0 fully saturated rings. The van der Waals surface area contributed by atoms with E-state index in [4.69, 9.17) is 4.42 Å². The van der Waals surface area contributed by atoms with Crippen LogP contribution in [0.25, 0.3) is 0 Å². The van der Waals surface area contributed by atoms with Crippen molar-refractivity contribution in [2.45, 2.75) is 33.4 Å². The summed E-state index contributed by atoms with van der Waals surface area (Å²) in [6.45, 7) is 5.47. The molecule has 0 radical (unpaired) electrons. The second-order valence-electron chi connectivity index (χ2n) is 4.59. The van der Waals surface area contributed by atoms with E-state index < -0.39 is 11.6 Å². The van der Waals surface area contributed by atoms with Gasteiger partial charge in [0, 0.05) is 11.6 Å². The topological polar surface area (TPSA) is 38.1 Å². The summed E-state index contributed by atoms with van der Waals surface area (Å²) < 4.78 is 32.5. The van der Waals surface area contributed by atoms with Gasteiger partial charge in [-0.25, -0.2) is 13.8 Å². The summed E-state index contributed by atoms with van der Waals surface area (Å²) in [6.07, 6.45) is 1.62. The first-order valence-electron chi connectivity index (χ1n) is 6.07. The summed E-state index contributed by atoms with van der Waals surface area (Å²) >= 11 is 0. The van der Waals surface area contributed by atoms with Crippen LogP contribution in [0, 0.1) is 25.5 Å². The lowest BCUT2D eigenvalue weighted by Crippen LogP contribution is -2.19. The lowest BCUT2D eigenvalue weighted by Gasteiger charge is -2.14. The van der Waals surface area contributed by atoms with Crippen molar-refractivity contribution in [2.75, 3.05) is 0 Å². The fourth-order valence-corrected chi connectivity index (χ4v) is 1.83. The molecule has 0 aliphatic rings. The van der Waals surface area contributed by atoms with Gasteiger partial charge in [-0.05, 0) is 38.5 Å². The Morgan fingerprint density at radius 2 is 2.00 bits per heavy atom. The quantitative estimate of drug-likeness (QED) is 0.921. The molecule has 2 rings (SSSR count). The molecule has 102 valence electrons. The number of hydrogen-bond donors (Lipinski definition) is 1. The smallest absolute Gasteiger partial charge is 0.208 e. The standard InChI is InChI=1S/C14H16F2N2O/c1-8-4-13(16)11(5-12(8)15)10(3)17-7-14-18-6-9(2)19-14/h4-6,10,17H,7H2,1-3H3. The zero-order valence-corrected chi connectivity index (χ0v) is 11.1. The Balaban J connectivity index is 2.07. The van der Waals surface area contributed by atoms with Crippen LogP contribution in [-0.2, 0) is 6.54 Å². The first-order chi connectivity index (χ1) is 8.97. The van der Waals surface area contributed by atoms with Crippen molar-refractivity contribution in [1.82, 2.24) is 10.3 Å². The lowest BCUT2D eigenvalue weighted by molar-refractivity contribution is 0.426. The van der Waals surface area contributed by atoms with Crippen LogP contribution in [0.2, 0.25) is 0 Å². The van der Waals surface area contributed by atoms with Crippen molar-refractivity contribution in [3.63, 3.8) is 0 Å². The Morgan fingerprint density at radius 3 is 2.63 bits per heavy atom.